The van der Waals surface area contributed by atoms with Crippen molar-refractivity contribution in [3.05, 3.63) is 95.3 Å². The Kier molecular flexibility index (Phi) is 8.14. The highest BCUT2D eigenvalue weighted by Gasteiger charge is 2.30. The van der Waals surface area contributed by atoms with Gasteiger partial charge in [-0.25, -0.2) is 14.8 Å². The molecule has 2 aromatic carbocycles. The molecule has 1 N–H and O–H groups in total. The summed E-state index contributed by atoms with van der Waals surface area (Å²) < 4.78 is 11.1. The average Bonchev–Trinajstić information content (AvgIpc) is 3.07. The van der Waals surface area contributed by atoms with Crippen LogP contribution in [0.4, 0.5) is 28.7 Å². The summed E-state index contributed by atoms with van der Waals surface area (Å²) in [5.74, 6) is 1.67. The molecule has 41 heavy (non-hydrogen) atoms. The standard InChI is InChI=1S/C32H33N5O4/c1-5-37-29-26(31(38)36(4)27-8-7-16-33-30(27)37)19-22(20-34-29)15-17-41-28-14-13-25(18-21(28)3)35-24-11-9-23(10-12-24)32(39)40-6-2/h7-14,16,18-20,35H,5-6,15,17H2,1-4H3. The van der Waals surface area contributed by atoms with Crippen molar-refractivity contribution >= 4 is 40.6 Å². The zero-order valence-corrected chi connectivity index (χ0v) is 23.7. The van der Waals surface area contributed by atoms with Crippen molar-refractivity contribution in [2.45, 2.75) is 27.2 Å². The predicted octanol–water partition coefficient (Wildman–Crippen LogP) is 6.07. The summed E-state index contributed by atoms with van der Waals surface area (Å²) in [5, 5.41) is 3.35. The number of fused-ring (bicyclic) bond motifs is 2. The van der Waals surface area contributed by atoms with Gasteiger partial charge in [-0.1, -0.05) is 0 Å². The third kappa shape index (κ3) is 5.84. The van der Waals surface area contributed by atoms with Crippen LogP contribution in [0.2, 0.25) is 0 Å². The third-order valence-electron chi connectivity index (χ3n) is 6.92. The summed E-state index contributed by atoms with van der Waals surface area (Å²) >= 11 is 0. The topological polar surface area (TPSA) is 96.9 Å². The summed E-state index contributed by atoms with van der Waals surface area (Å²) in [6, 6.07) is 18.7. The minimum Gasteiger partial charge on any atom is -0.493 e. The Hall–Kier alpha value is -4.92. The summed E-state index contributed by atoms with van der Waals surface area (Å²) in [4.78, 5) is 38.0. The SMILES string of the molecule is CCOC(=O)c1ccc(Nc2ccc(OCCc3cnc4c(c3)C(=O)N(C)c3cccnc3N4CC)c(C)c2)cc1. The van der Waals surface area contributed by atoms with Crippen LogP contribution in [0.5, 0.6) is 5.75 Å². The smallest absolute Gasteiger partial charge is 0.338 e. The van der Waals surface area contributed by atoms with E-state index in [0.29, 0.717) is 43.1 Å². The van der Waals surface area contributed by atoms with Crippen molar-refractivity contribution in [2.75, 3.05) is 41.9 Å². The third-order valence-corrected chi connectivity index (χ3v) is 6.92. The number of amides is 1. The number of pyridine rings is 2. The fourth-order valence-electron chi connectivity index (χ4n) is 4.80. The van der Waals surface area contributed by atoms with Crippen molar-refractivity contribution in [3.63, 3.8) is 0 Å². The maximum absolute atomic E-state index is 13.4. The van der Waals surface area contributed by atoms with Crippen LogP contribution in [0.1, 0.15) is 45.7 Å². The molecule has 0 aliphatic carbocycles. The van der Waals surface area contributed by atoms with Gasteiger partial charge in [0.05, 0.1) is 30.0 Å². The van der Waals surface area contributed by atoms with Crippen LogP contribution < -0.4 is 19.9 Å². The van der Waals surface area contributed by atoms with E-state index in [0.717, 1.165) is 39.8 Å². The lowest BCUT2D eigenvalue weighted by molar-refractivity contribution is 0.0526. The molecule has 0 unspecified atom stereocenters. The minimum atomic E-state index is -0.331. The molecule has 0 atom stereocenters. The van der Waals surface area contributed by atoms with Crippen molar-refractivity contribution < 1.29 is 19.1 Å². The lowest BCUT2D eigenvalue weighted by atomic mass is 10.1. The number of anilines is 5. The molecule has 9 heteroatoms. The average molecular weight is 552 g/mol. The number of hydrogen-bond donors (Lipinski definition) is 1. The van der Waals surface area contributed by atoms with Crippen molar-refractivity contribution in [1.82, 2.24) is 9.97 Å². The maximum atomic E-state index is 13.4. The highest BCUT2D eigenvalue weighted by molar-refractivity contribution is 6.12. The first-order valence-corrected chi connectivity index (χ1v) is 13.7. The molecule has 1 aliphatic rings. The molecule has 4 aromatic rings. The molecule has 0 saturated heterocycles. The number of nitrogens with one attached hydrogen (secondary N) is 1. The van der Waals surface area contributed by atoms with Crippen LogP contribution >= 0.6 is 0 Å². The number of aromatic nitrogens is 2. The van der Waals surface area contributed by atoms with Gasteiger partial charge in [0.25, 0.3) is 5.91 Å². The van der Waals surface area contributed by atoms with E-state index < -0.39 is 0 Å². The number of benzene rings is 2. The van der Waals surface area contributed by atoms with Crippen molar-refractivity contribution in [2.24, 2.45) is 0 Å². The molecule has 0 bridgehead atoms. The quantitative estimate of drug-likeness (QED) is 0.250. The van der Waals surface area contributed by atoms with E-state index in [1.165, 1.54) is 0 Å². The molecule has 9 nitrogen and oxygen atoms in total. The molecule has 0 radical (unpaired) electrons. The molecular formula is C32H33N5O4. The number of hydrogen-bond acceptors (Lipinski definition) is 8. The Morgan fingerprint density at radius 3 is 2.49 bits per heavy atom. The van der Waals surface area contributed by atoms with Gasteiger partial charge >= 0.3 is 5.97 Å². The minimum absolute atomic E-state index is 0.116. The zero-order valence-electron chi connectivity index (χ0n) is 23.7. The summed E-state index contributed by atoms with van der Waals surface area (Å²) in [6.45, 7) is 7.22. The number of esters is 1. The van der Waals surface area contributed by atoms with Gasteiger partial charge in [0, 0.05) is 43.8 Å². The number of ether oxygens (including phenoxy) is 2. The zero-order chi connectivity index (χ0) is 28.9. The first-order chi connectivity index (χ1) is 19.9. The molecule has 0 spiro atoms. The van der Waals surface area contributed by atoms with E-state index in [-0.39, 0.29) is 11.9 Å². The Labute approximate surface area is 239 Å². The Balaban J connectivity index is 1.23. The highest BCUT2D eigenvalue weighted by Crippen LogP contribution is 2.37. The molecule has 0 fully saturated rings. The van der Waals surface area contributed by atoms with Gasteiger partial charge in [0.15, 0.2) is 5.82 Å². The van der Waals surface area contributed by atoms with Gasteiger partial charge in [-0.2, -0.15) is 0 Å². The van der Waals surface area contributed by atoms with Gasteiger partial charge in [0.1, 0.15) is 11.6 Å². The fourth-order valence-corrected chi connectivity index (χ4v) is 4.80. The van der Waals surface area contributed by atoms with E-state index in [2.05, 4.69) is 15.3 Å². The maximum Gasteiger partial charge on any atom is 0.338 e. The highest BCUT2D eigenvalue weighted by atomic mass is 16.5. The predicted molar refractivity (Wildman–Crippen MR) is 160 cm³/mol. The molecule has 1 amide bonds. The van der Waals surface area contributed by atoms with E-state index >= 15 is 0 Å². The number of nitrogens with zero attached hydrogens (tertiary/aromatic N) is 4. The second kappa shape index (κ2) is 12.1. The van der Waals surface area contributed by atoms with E-state index in [1.54, 1.807) is 43.4 Å². The van der Waals surface area contributed by atoms with Gasteiger partial charge in [-0.15, -0.1) is 0 Å². The molecular weight excluding hydrogens is 518 g/mol. The van der Waals surface area contributed by atoms with Crippen LogP contribution in [0.25, 0.3) is 0 Å². The van der Waals surface area contributed by atoms with Crippen LogP contribution in [0, 0.1) is 6.92 Å². The summed E-state index contributed by atoms with van der Waals surface area (Å²) in [7, 11) is 1.77. The van der Waals surface area contributed by atoms with E-state index in [4.69, 9.17) is 9.47 Å². The monoisotopic (exact) mass is 551 g/mol. The van der Waals surface area contributed by atoms with E-state index in [1.807, 2.05) is 67.3 Å². The van der Waals surface area contributed by atoms with E-state index in [9.17, 15) is 9.59 Å². The second-order valence-corrected chi connectivity index (χ2v) is 9.67. The molecule has 2 aromatic heterocycles. The number of aryl methyl sites for hydroxylation is 1. The fraction of sp³-hybridized carbons (Fsp3) is 0.250. The van der Waals surface area contributed by atoms with Gasteiger partial charge < -0.3 is 24.6 Å². The lowest BCUT2D eigenvalue weighted by Crippen LogP contribution is -2.25. The Bertz CT molecular complexity index is 1570. The van der Waals surface area contributed by atoms with Crippen molar-refractivity contribution in [1.29, 1.82) is 0 Å². The normalized spacial score (nSPS) is 12.3. The van der Waals surface area contributed by atoms with Gasteiger partial charge in [0.2, 0.25) is 0 Å². The molecule has 0 saturated carbocycles. The van der Waals surface area contributed by atoms with Crippen LogP contribution in [0.3, 0.4) is 0 Å². The molecule has 5 rings (SSSR count). The largest absolute Gasteiger partial charge is 0.493 e. The molecule has 3 heterocycles. The summed E-state index contributed by atoms with van der Waals surface area (Å²) in [6.07, 6.45) is 4.13. The number of carbonyl (C=O) groups excluding carboxylic acids is 2. The Morgan fingerprint density at radius 2 is 1.76 bits per heavy atom. The molecule has 1 aliphatic heterocycles. The van der Waals surface area contributed by atoms with Crippen molar-refractivity contribution in [3.8, 4) is 5.75 Å². The Morgan fingerprint density at radius 1 is 0.976 bits per heavy atom. The first-order valence-electron chi connectivity index (χ1n) is 13.7. The van der Waals surface area contributed by atoms with Crippen LogP contribution in [0.15, 0.2) is 73.1 Å². The molecule has 210 valence electrons. The lowest BCUT2D eigenvalue weighted by Gasteiger charge is -2.22. The summed E-state index contributed by atoms with van der Waals surface area (Å²) in [5.41, 5.74) is 5.50. The first kappa shape index (κ1) is 27.6. The second-order valence-electron chi connectivity index (χ2n) is 9.67. The number of carbonyl (C=O) groups is 2. The van der Waals surface area contributed by atoms with Gasteiger partial charge in [-0.3, -0.25) is 4.79 Å². The van der Waals surface area contributed by atoms with Gasteiger partial charge in [-0.05, 0) is 92.6 Å². The number of rotatable bonds is 9. The van der Waals surface area contributed by atoms with Crippen LogP contribution in [-0.2, 0) is 11.2 Å². The van der Waals surface area contributed by atoms with Crippen LogP contribution in [-0.4, -0.2) is 48.7 Å².